The van der Waals surface area contributed by atoms with Gasteiger partial charge in [-0.1, -0.05) is 6.08 Å². The van der Waals surface area contributed by atoms with Crippen LogP contribution in [0.25, 0.3) is 0 Å². The van der Waals surface area contributed by atoms with Crippen molar-refractivity contribution in [3.63, 3.8) is 0 Å². The molecule has 0 saturated heterocycles. The molecule has 0 radical (unpaired) electrons. The molecule has 0 bridgehead atoms. The maximum Gasteiger partial charge on any atom is 0.342 e. The Hall–Kier alpha value is -1.42. The first kappa shape index (κ1) is 10.7. The minimum Gasteiger partial charge on any atom is -0.386 e. The Bertz CT molecular complexity index is 278. The van der Waals surface area contributed by atoms with Crippen molar-refractivity contribution < 1.29 is 19.1 Å². The van der Waals surface area contributed by atoms with E-state index in [4.69, 9.17) is 4.74 Å². The summed E-state index contributed by atoms with van der Waals surface area (Å²) in [6, 6.07) is 0. The van der Waals surface area contributed by atoms with Crippen LogP contribution >= 0.6 is 0 Å². The van der Waals surface area contributed by atoms with E-state index >= 15 is 0 Å². The number of carbonyl (C=O) groups is 2. The van der Waals surface area contributed by atoms with Crippen molar-refractivity contribution in [3.8, 4) is 0 Å². The molecule has 1 rings (SSSR count). The molecule has 0 aromatic rings. The Labute approximate surface area is 82.2 Å². The van der Waals surface area contributed by atoms with Crippen LogP contribution in [0.4, 0.5) is 0 Å². The van der Waals surface area contributed by atoms with Gasteiger partial charge in [-0.3, -0.25) is 0 Å². The average Bonchev–Trinajstić information content (AvgIpc) is 2.45. The Morgan fingerprint density at radius 2 is 2.29 bits per heavy atom. The third-order valence-corrected chi connectivity index (χ3v) is 1.72. The van der Waals surface area contributed by atoms with Crippen molar-refractivity contribution in [2.75, 3.05) is 13.2 Å². The lowest BCUT2D eigenvalue weighted by Crippen LogP contribution is -2.03. The number of hydrogen-bond acceptors (Lipinski definition) is 4. The van der Waals surface area contributed by atoms with Gasteiger partial charge in [0.15, 0.2) is 0 Å². The molecule has 0 aromatic carbocycles. The molecule has 0 spiro atoms. The van der Waals surface area contributed by atoms with Gasteiger partial charge in [-0.15, -0.1) is 6.58 Å². The minimum absolute atomic E-state index is 0.428. The van der Waals surface area contributed by atoms with Gasteiger partial charge < -0.3 is 9.47 Å². The molecular weight excluding hydrogens is 184 g/mol. The Morgan fingerprint density at radius 3 is 2.86 bits per heavy atom. The fourth-order valence-electron chi connectivity index (χ4n) is 1.09. The number of esters is 2. The largest absolute Gasteiger partial charge is 0.386 e. The van der Waals surface area contributed by atoms with Crippen molar-refractivity contribution in [2.24, 2.45) is 0 Å². The SMILES string of the molecule is C=CCOCCCC1=CC(=O)OC1=O. The van der Waals surface area contributed by atoms with Crippen LogP contribution < -0.4 is 0 Å². The highest BCUT2D eigenvalue weighted by atomic mass is 16.6. The Kier molecular flexibility index (Phi) is 4.07. The zero-order chi connectivity index (χ0) is 10.4. The summed E-state index contributed by atoms with van der Waals surface area (Å²) in [5.41, 5.74) is 0.428. The highest BCUT2D eigenvalue weighted by Crippen LogP contribution is 2.13. The van der Waals surface area contributed by atoms with Crippen LogP contribution in [-0.4, -0.2) is 25.2 Å². The van der Waals surface area contributed by atoms with Gasteiger partial charge in [-0.2, -0.15) is 0 Å². The summed E-state index contributed by atoms with van der Waals surface area (Å²) in [6.07, 6.45) is 4.10. The van der Waals surface area contributed by atoms with E-state index < -0.39 is 11.9 Å². The van der Waals surface area contributed by atoms with E-state index in [1.165, 1.54) is 6.08 Å². The summed E-state index contributed by atoms with van der Waals surface area (Å²) >= 11 is 0. The van der Waals surface area contributed by atoms with Gasteiger partial charge in [0.1, 0.15) is 0 Å². The van der Waals surface area contributed by atoms with Crippen LogP contribution in [-0.2, 0) is 19.1 Å². The quantitative estimate of drug-likeness (QED) is 0.275. The molecule has 1 heterocycles. The summed E-state index contributed by atoms with van der Waals surface area (Å²) in [5, 5.41) is 0. The van der Waals surface area contributed by atoms with Crippen molar-refractivity contribution >= 4 is 11.9 Å². The first-order chi connectivity index (χ1) is 6.74. The van der Waals surface area contributed by atoms with Gasteiger partial charge in [-0.05, 0) is 12.8 Å². The monoisotopic (exact) mass is 196 g/mol. The lowest BCUT2D eigenvalue weighted by molar-refractivity contribution is -0.150. The van der Waals surface area contributed by atoms with Crippen LogP contribution in [0.3, 0.4) is 0 Å². The predicted molar refractivity (Wildman–Crippen MR) is 49.4 cm³/mol. The maximum atomic E-state index is 10.9. The molecule has 76 valence electrons. The Morgan fingerprint density at radius 1 is 1.50 bits per heavy atom. The topological polar surface area (TPSA) is 52.6 Å². The molecule has 0 amide bonds. The molecule has 4 nitrogen and oxygen atoms in total. The molecule has 0 N–H and O–H groups in total. The van der Waals surface area contributed by atoms with Crippen LogP contribution in [0.2, 0.25) is 0 Å². The predicted octanol–water partition coefficient (Wildman–Crippen LogP) is 0.979. The molecule has 1 aliphatic rings. The molecule has 0 fully saturated rings. The lowest BCUT2D eigenvalue weighted by atomic mass is 10.1. The minimum atomic E-state index is -0.572. The van der Waals surface area contributed by atoms with Crippen LogP contribution in [0.5, 0.6) is 0 Å². The summed E-state index contributed by atoms with van der Waals surface area (Å²) in [5.74, 6) is -1.10. The van der Waals surface area contributed by atoms with E-state index in [0.29, 0.717) is 31.6 Å². The second-order valence-corrected chi connectivity index (χ2v) is 2.85. The zero-order valence-corrected chi connectivity index (χ0v) is 7.82. The fourth-order valence-corrected chi connectivity index (χ4v) is 1.09. The van der Waals surface area contributed by atoms with E-state index in [2.05, 4.69) is 11.3 Å². The number of ether oxygens (including phenoxy) is 2. The van der Waals surface area contributed by atoms with Gasteiger partial charge >= 0.3 is 11.9 Å². The third kappa shape index (κ3) is 3.14. The smallest absolute Gasteiger partial charge is 0.342 e. The Balaban J connectivity index is 2.18. The van der Waals surface area contributed by atoms with E-state index in [1.54, 1.807) is 6.08 Å². The third-order valence-electron chi connectivity index (χ3n) is 1.72. The van der Waals surface area contributed by atoms with Gasteiger partial charge in [0.2, 0.25) is 0 Å². The fraction of sp³-hybridized carbons (Fsp3) is 0.400. The van der Waals surface area contributed by atoms with Gasteiger partial charge in [0.05, 0.1) is 6.61 Å². The molecule has 0 aliphatic carbocycles. The molecular formula is C10H12O4. The molecule has 0 saturated carbocycles. The highest BCUT2D eigenvalue weighted by Gasteiger charge is 2.22. The molecule has 0 unspecified atom stereocenters. The van der Waals surface area contributed by atoms with E-state index in [9.17, 15) is 9.59 Å². The summed E-state index contributed by atoms with van der Waals surface area (Å²) in [4.78, 5) is 21.6. The van der Waals surface area contributed by atoms with Crippen molar-refractivity contribution in [3.05, 3.63) is 24.3 Å². The van der Waals surface area contributed by atoms with Gasteiger partial charge in [-0.25, -0.2) is 9.59 Å². The van der Waals surface area contributed by atoms with E-state index in [0.717, 1.165) is 0 Å². The van der Waals surface area contributed by atoms with Crippen molar-refractivity contribution in [1.82, 2.24) is 0 Å². The highest BCUT2D eigenvalue weighted by molar-refractivity contribution is 6.08. The van der Waals surface area contributed by atoms with E-state index in [-0.39, 0.29) is 0 Å². The number of cyclic esters (lactones) is 2. The maximum absolute atomic E-state index is 10.9. The van der Waals surface area contributed by atoms with Gasteiger partial charge in [0.25, 0.3) is 0 Å². The molecule has 0 atom stereocenters. The zero-order valence-electron chi connectivity index (χ0n) is 7.82. The first-order valence-corrected chi connectivity index (χ1v) is 4.39. The van der Waals surface area contributed by atoms with Gasteiger partial charge in [0, 0.05) is 18.3 Å². The lowest BCUT2D eigenvalue weighted by Gasteiger charge is -2.00. The standard InChI is InChI=1S/C10H12O4/c1-2-5-13-6-3-4-8-7-9(11)14-10(8)12/h2,7H,1,3-6H2. The first-order valence-electron chi connectivity index (χ1n) is 4.39. The number of hydrogen-bond donors (Lipinski definition) is 0. The van der Waals surface area contributed by atoms with Crippen LogP contribution in [0.15, 0.2) is 24.3 Å². The summed E-state index contributed by atoms with van der Waals surface area (Å²) in [7, 11) is 0. The molecule has 4 heteroatoms. The van der Waals surface area contributed by atoms with Crippen LogP contribution in [0, 0.1) is 0 Å². The number of rotatable bonds is 6. The van der Waals surface area contributed by atoms with Crippen molar-refractivity contribution in [1.29, 1.82) is 0 Å². The van der Waals surface area contributed by atoms with E-state index in [1.807, 2.05) is 0 Å². The summed E-state index contributed by atoms with van der Waals surface area (Å²) < 4.78 is 9.45. The second kappa shape index (κ2) is 5.34. The normalized spacial score (nSPS) is 15.3. The summed E-state index contributed by atoms with van der Waals surface area (Å²) in [6.45, 7) is 4.55. The number of carbonyl (C=O) groups excluding carboxylic acids is 2. The average molecular weight is 196 g/mol. The molecule has 0 aromatic heterocycles. The van der Waals surface area contributed by atoms with Crippen molar-refractivity contribution in [2.45, 2.75) is 12.8 Å². The van der Waals surface area contributed by atoms with Crippen LogP contribution in [0.1, 0.15) is 12.8 Å². The molecule has 1 aliphatic heterocycles. The second-order valence-electron chi connectivity index (χ2n) is 2.85. The molecule has 14 heavy (non-hydrogen) atoms.